The first-order valence-corrected chi connectivity index (χ1v) is 11.9. The van der Waals surface area contributed by atoms with Gasteiger partial charge in [0.2, 0.25) is 0 Å². The number of rotatable bonds is 5. The lowest BCUT2D eigenvalue weighted by Gasteiger charge is -2.20. The highest BCUT2D eigenvalue weighted by Crippen LogP contribution is 2.28. The Hall–Kier alpha value is -4.85. The van der Waals surface area contributed by atoms with Crippen LogP contribution in [0, 0.1) is 6.92 Å². The Morgan fingerprint density at radius 2 is 1.32 bits per heavy atom. The smallest absolute Gasteiger partial charge is 0.341 e. The van der Waals surface area contributed by atoms with Crippen molar-refractivity contribution in [2.45, 2.75) is 6.92 Å². The second kappa shape index (κ2) is 9.31. The minimum atomic E-state index is -0.562. The first-order valence-electron chi connectivity index (χ1n) is 11.9. The molecule has 0 saturated heterocycles. The summed E-state index contributed by atoms with van der Waals surface area (Å²) in [6.45, 7) is 1.96. The summed E-state index contributed by atoms with van der Waals surface area (Å²) < 4.78 is 3.90. The molecule has 2 aromatic heterocycles. The van der Waals surface area contributed by atoms with Gasteiger partial charge < -0.3 is 10.2 Å². The van der Waals surface area contributed by atoms with Crippen LogP contribution in [-0.2, 0) is 7.05 Å². The van der Waals surface area contributed by atoms with E-state index in [0.717, 1.165) is 21.5 Å². The summed E-state index contributed by atoms with van der Waals surface area (Å²) in [6.07, 6.45) is 0. The Balaban J connectivity index is 1.90. The number of benzene rings is 3. The minimum Gasteiger partial charge on any atom is -0.378 e. The molecule has 0 amide bonds. The van der Waals surface area contributed by atoms with Gasteiger partial charge in [-0.25, -0.2) is 13.9 Å². The van der Waals surface area contributed by atoms with Gasteiger partial charge in [0.1, 0.15) is 11.0 Å². The Morgan fingerprint density at radius 1 is 0.730 bits per heavy atom. The van der Waals surface area contributed by atoms with Crippen LogP contribution in [-0.4, -0.2) is 27.8 Å². The van der Waals surface area contributed by atoms with Gasteiger partial charge >= 0.3 is 5.69 Å². The van der Waals surface area contributed by atoms with Crippen LogP contribution in [0.3, 0.4) is 0 Å². The summed E-state index contributed by atoms with van der Waals surface area (Å²) in [5.41, 5.74) is 2.83. The molecule has 0 bridgehead atoms. The van der Waals surface area contributed by atoms with E-state index in [0.29, 0.717) is 17.1 Å². The molecule has 0 aliphatic heterocycles. The summed E-state index contributed by atoms with van der Waals surface area (Å²) in [4.78, 5) is 43.0. The number of nitrogens with zero attached hydrogens (tertiary/aromatic N) is 4. The van der Waals surface area contributed by atoms with Crippen LogP contribution in [0.15, 0.2) is 99.3 Å². The molecule has 8 heteroatoms. The first-order chi connectivity index (χ1) is 17.8. The standard InChI is InChI=1S/C29H27N5O3/c1-19-17-22(31(2)3)15-16-23(19)30-24-18-25(35)32(4)27-26(24)28(36)34(21-13-9-6-10-14-21)29(37)33(27)20-11-7-5-8-12-20/h5-18,30H,1-4H3. The van der Waals surface area contributed by atoms with E-state index in [1.807, 2.05) is 56.3 Å². The topological polar surface area (TPSA) is 81.3 Å². The summed E-state index contributed by atoms with van der Waals surface area (Å²) in [5, 5.41) is 3.53. The maximum atomic E-state index is 14.0. The zero-order chi connectivity index (χ0) is 26.3. The Labute approximate surface area is 213 Å². The molecule has 5 rings (SSSR count). The molecule has 0 radical (unpaired) electrons. The lowest BCUT2D eigenvalue weighted by Crippen LogP contribution is -2.40. The van der Waals surface area contributed by atoms with E-state index in [9.17, 15) is 14.4 Å². The molecule has 3 aromatic carbocycles. The normalized spacial score (nSPS) is 11.0. The van der Waals surface area contributed by atoms with E-state index in [2.05, 4.69) is 5.32 Å². The van der Waals surface area contributed by atoms with Gasteiger partial charge in [-0.3, -0.25) is 14.2 Å². The molecule has 0 atom stereocenters. The van der Waals surface area contributed by atoms with Crippen molar-refractivity contribution in [2.24, 2.45) is 7.05 Å². The lowest BCUT2D eigenvalue weighted by atomic mass is 10.1. The van der Waals surface area contributed by atoms with Gasteiger partial charge in [-0.1, -0.05) is 36.4 Å². The molecule has 186 valence electrons. The molecule has 0 spiro atoms. The van der Waals surface area contributed by atoms with Gasteiger partial charge in [0.25, 0.3) is 11.1 Å². The Bertz CT molecular complexity index is 1800. The van der Waals surface area contributed by atoms with Crippen LogP contribution in [0.2, 0.25) is 0 Å². The highest BCUT2D eigenvalue weighted by molar-refractivity contribution is 5.92. The van der Waals surface area contributed by atoms with E-state index in [1.54, 1.807) is 55.6 Å². The number of pyridine rings is 1. The minimum absolute atomic E-state index is 0.214. The number of aromatic nitrogens is 3. The number of fused-ring (bicyclic) bond motifs is 1. The summed E-state index contributed by atoms with van der Waals surface area (Å²) in [7, 11) is 5.49. The molecule has 0 fully saturated rings. The van der Waals surface area contributed by atoms with Crippen molar-refractivity contribution >= 4 is 28.1 Å². The molecule has 0 aliphatic carbocycles. The molecule has 2 heterocycles. The SMILES string of the molecule is Cc1cc(N(C)C)ccc1Nc1cc(=O)n(C)c2c1c(=O)n(-c1ccccc1)c(=O)n2-c1ccccc1. The monoisotopic (exact) mass is 493 g/mol. The second-order valence-electron chi connectivity index (χ2n) is 9.10. The lowest BCUT2D eigenvalue weighted by molar-refractivity contribution is 0.784. The number of hydrogen-bond acceptors (Lipinski definition) is 5. The summed E-state index contributed by atoms with van der Waals surface area (Å²) >= 11 is 0. The van der Waals surface area contributed by atoms with Gasteiger partial charge in [0, 0.05) is 38.6 Å². The average molecular weight is 494 g/mol. The van der Waals surface area contributed by atoms with Crippen molar-refractivity contribution in [2.75, 3.05) is 24.3 Å². The van der Waals surface area contributed by atoms with E-state index < -0.39 is 11.2 Å². The number of para-hydroxylation sites is 2. The van der Waals surface area contributed by atoms with Crippen LogP contribution in [0.1, 0.15) is 5.56 Å². The van der Waals surface area contributed by atoms with E-state index in [1.165, 1.54) is 15.2 Å². The number of aryl methyl sites for hydroxylation is 2. The van der Waals surface area contributed by atoms with Crippen LogP contribution < -0.4 is 27.0 Å². The number of anilines is 3. The third-order valence-corrected chi connectivity index (χ3v) is 6.44. The number of nitrogens with one attached hydrogen (secondary N) is 1. The summed E-state index contributed by atoms with van der Waals surface area (Å²) in [5.74, 6) is 0. The summed E-state index contributed by atoms with van der Waals surface area (Å²) in [6, 6.07) is 25.1. The van der Waals surface area contributed by atoms with E-state index >= 15 is 0 Å². The van der Waals surface area contributed by atoms with Gasteiger partial charge in [0.05, 0.1) is 17.1 Å². The molecule has 37 heavy (non-hydrogen) atoms. The van der Waals surface area contributed by atoms with Crippen LogP contribution in [0.5, 0.6) is 0 Å². The van der Waals surface area contributed by atoms with Crippen molar-refractivity contribution in [3.8, 4) is 11.4 Å². The van der Waals surface area contributed by atoms with Crippen molar-refractivity contribution in [1.82, 2.24) is 13.7 Å². The van der Waals surface area contributed by atoms with Crippen molar-refractivity contribution in [1.29, 1.82) is 0 Å². The van der Waals surface area contributed by atoms with Crippen LogP contribution in [0.4, 0.5) is 17.1 Å². The fraction of sp³-hybridized carbons (Fsp3) is 0.138. The predicted molar refractivity (Wildman–Crippen MR) is 149 cm³/mol. The van der Waals surface area contributed by atoms with E-state index in [-0.39, 0.29) is 16.6 Å². The van der Waals surface area contributed by atoms with Gasteiger partial charge in [-0.2, -0.15) is 0 Å². The maximum Gasteiger partial charge on any atom is 0.341 e. The van der Waals surface area contributed by atoms with Crippen LogP contribution in [0.25, 0.3) is 22.4 Å². The molecule has 5 aromatic rings. The largest absolute Gasteiger partial charge is 0.378 e. The second-order valence-corrected chi connectivity index (χ2v) is 9.10. The predicted octanol–water partition coefficient (Wildman–Crippen LogP) is 3.96. The highest BCUT2D eigenvalue weighted by atomic mass is 16.2. The molecule has 1 N–H and O–H groups in total. The number of hydrogen-bond donors (Lipinski definition) is 1. The zero-order valence-electron chi connectivity index (χ0n) is 21.1. The third kappa shape index (κ3) is 4.12. The fourth-order valence-corrected chi connectivity index (χ4v) is 4.47. The average Bonchev–Trinajstić information content (AvgIpc) is 2.89. The zero-order valence-corrected chi connectivity index (χ0v) is 21.1. The molecule has 0 saturated carbocycles. The van der Waals surface area contributed by atoms with Crippen LogP contribution >= 0.6 is 0 Å². The highest BCUT2D eigenvalue weighted by Gasteiger charge is 2.22. The Kier molecular flexibility index (Phi) is 6.01. The molecular weight excluding hydrogens is 466 g/mol. The maximum absolute atomic E-state index is 14.0. The quantitative estimate of drug-likeness (QED) is 0.401. The molecule has 0 unspecified atom stereocenters. The van der Waals surface area contributed by atoms with Crippen molar-refractivity contribution in [3.05, 3.63) is 122 Å². The van der Waals surface area contributed by atoms with Gasteiger partial charge in [-0.05, 0) is 55.0 Å². The van der Waals surface area contributed by atoms with Crippen molar-refractivity contribution in [3.63, 3.8) is 0 Å². The molecule has 8 nitrogen and oxygen atoms in total. The van der Waals surface area contributed by atoms with Gasteiger partial charge in [0.15, 0.2) is 0 Å². The first kappa shape index (κ1) is 23.9. The van der Waals surface area contributed by atoms with Crippen molar-refractivity contribution < 1.29 is 0 Å². The molecular formula is C29H27N5O3. The fourth-order valence-electron chi connectivity index (χ4n) is 4.47. The van der Waals surface area contributed by atoms with Gasteiger partial charge in [-0.15, -0.1) is 0 Å². The van der Waals surface area contributed by atoms with E-state index in [4.69, 9.17) is 0 Å². The molecule has 0 aliphatic rings. The third-order valence-electron chi connectivity index (χ3n) is 6.44. The Morgan fingerprint density at radius 3 is 1.89 bits per heavy atom.